The van der Waals surface area contributed by atoms with Gasteiger partial charge in [0.1, 0.15) is 0 Å². The van der Waals surface area contributed by atoms with Crippen molar-refractivity contribution in [3.8, 4) is 0 Å². The van der Waals surface area contributed by atoms with Crippen LogP contribution in [0.5, 0.6) is 0 Å². The summed E-state index contributed by atoms with van der Waals surface area (Å²) in [6.45, 7) is 8.67. The van der Waals surface area contributed by atoms with Gasteiger partial charge in [0.25, 0.3) is 0 Å². The van der Waals surface area contributed by atoms with Crippen LogP contribution < -0.4 is 22.1 Å². The van der Waals surface area contributed by atoms with E-state index in [4.69, 9.17) is 5.73 Å². The predicted molar refractivity (Wildman–Crippen MR) is 83.6 cm³/mol. The number of primary amides is 2. The van der Waals surface area contributed by atoms with Crippen LogP contribution in [0.25, 0.3) is 0 Å². The predicted octanol–water partition coefficient (Wildman–Crippen LogP) is -0.939. The molecular weight excluding hydrogens is 288 g/mol. The standard InChI is InChI=1S/C12H23N3O3.C2H5NO/c1-7(2)12(18)9(5-10(13)16)15-11(17)6-14-8(3)4;1-2(3)4/h7-9,14H,5-6H2,1-4H3,(H2,13,16)(H,15,17);1H3,(H2,3,4). The summed E-state index contributed by atoms with van der Waals surface area (Å²) in [5, 5.41) is 5.47. The highest BCUT2D eigenvalue weighted by Gasteiger charge is 2.24. The molecule has 1 atom stereocenters. The molecule has 0 radical (unpaired) electrons. The fourth-order valence-corrected chi connectivity index (χ4v) is 1.37. The Morgan fingerprint density at radius 1 is 1.00 bits per heavy atom. The van der Waals surface area contributed by atoms with Gasteiger partial charge in [-0.25, -0.2) is 0 Å². The van der Waals surface area contributed by atoms with Crippen LogP contribution in [0.2, 0.25) is 0 Å². The topological polar surface area (TPSA) is 144 Å². The summed E-state index contributed by atoms with van der Waals surface area (Å²) in [6.07, 6.45) is -0.162. The molecule has 0 aromatic carbocycles. The lowest BCUT2D eigenvalue weighted by atomic mass is 9.99. The molecular formula is C14H28N4O4. The van der Waals surface area contributed by atoms with Crippen LogP contribution in [-0.4, -0.2) is 42.1 Å². The molecule has 0 aliphatic rings. The minimum Gasteiger partial charge on any atom is -0.370 e. The van der Waals surface area contributed by atoms with Crippen molar-refractivity contribution in [2.75, 3.05) is 6.54 Å². The zero-order valence-electron chi connectivity index (χ0n) is 13.9. The van der Waals surface area contributed by atoms with E-state index in [0.29, 0.717) is 0 Å². The van der Waals surface area contributed by atoms with E-state index >= 15 is 0 Å². The fourth-order valence-electron chi connectivity index (χ4n) is 1.37. The van der Waals surface area contributed by atoms with Crippen LogP contribution in [0, 0.1) is 5.92 Å². The van der Waals surface area contributed by atoms with Gasteiger partial charge in [0, 0.05) is 18.9 Å². The molecule has 3 amide bonds. The number of Topliss-reactive ketones (excluding diaryl/α,β-unsaturated/α-hetero) is 1. The molecule has 0 aliphatic heterocycles. The summed E-state index contributed by atoms with van der Waals surface area (Å²) in [6, 6.07) is -0.657. The van der Waals surface area contributed by atoms with Gasteiger partial charge in [0.05, 0.1) is 19.0 Å². The molecule has 128 valence electrons. The third-order valence-electron chi connectivity index (χ3n) is 2.32. The first-order chi connectivity index (χ1) is 9.97. The zero-order chi connectivity index (χ0) is 17.9. The Kier molecular flexibility index (Phi) is 11.8. The van der Waals surface area contributed by atoms with Gasteiger partial charge >= 0.3 is 0 Å². The minimum atomic E-state index is -0.830. The van der Waals surface area contributed by atoms with Crippen LogP contribution in [0.4, 0.5) is 0 Å². The maximum absolute atomic E-state index is 11.8. The van der Waals surface area contributed by atoms with Crippen LogP contribution in [0.1, 0.15) is 41.0 Å². The van der Waals surface area contributed by atoms with E-state index in [1.165, 1.54) is 6.92 Å². The Balaban J connectivity index is 0. The van der Waals surface area contributed by atoms with E-state index in [9.17, 15) is 19.2 Å². The number of hydrogen-bond acceptors (Lipinski definition) is 5. The Morgan fingerprint density at radius 3 is 1.77 bits per heavy atom. The lowest BCUT2D eigenvalue weighted by molar-refractivity contribution is -0.131. The van der Waals surface area contributed by atoms with E-state index in [-0.39, 0.29) is 42.5 Å². The Labute approximate surface area is 131 Å². The Hall–Kier alpha value is -1.96. The average molecular weight is 316 g/mol. The molecule has 0 fully saturated rings. The first-order valence-corrected chi connectivity index (χ1v) is 7.08. The van der Waals surface area contributed by atoms with Gasteiger partial charge in [-0.05, 0) is 0 Å². The highest BCUT2D eigenvalue weighted by molar-refractivity contribution is 5.94. The Bertz CT molecular complexity index is 390. The molecule has 0 saturated carbocycles. The SMILES string of the molecule is CC(C)NCC(=O)NC(CC(N)=O)C(=O)C(C)C.CC(N)=O. The third-order valence-corrected chi connectivity index (χ3v) is 2.32. The molecule has 0 aromatic heterocycles. The molecule has 22 heavy (non-hydrogen) atoms. The van der Waals surface area contributed by atoms with E-state index < -0.39 is 11.9 Å². The van der Waals surface area contributed by atoms with Crippen LogP contribution in [0.15, 0.2) is 0 Å². The zero-order valence-corrected chi connectivity index (χ0v) is 13.9. The second-order valence-corrected chi connectivity index (χ2v) is 5.49. The summed E-state index contributed by atoms with van der Waals surface area (Å²) in [5.41, 5.74) is 9.54. The number of hydrogen-bond donors (Lipinski definition) is 4. The van der Waals surface area contributed by atoms with Gasteiger partial charge in [-0.2, -0.15) is 0 Å². The second-order valence-electron chi connectivity index (χ2n) is 5.49. The third kappa shape index (κ3) is 14.4. The van der Waals surface area contributed by atoms with Crippen LogP contribution in [0.3, 0.4) is 0 Å². The fraction of sp³-hybridized carbons (Fsp3) is 0.714. The molecule has 0 rings (SSSR count). The highest BCUT2D eigenvalue weighted by Crippen LogP contribution is 2.03. The minimum absolute atomic E-state index is 0.109. The molecule has 0 aliphatic carbocycles. The first kappa shape index (κ1) is 22.3. The number of carbonyl (C=O) groups excluding carboxylic acids is 4. The monoisotopic (exact) mass is 316 g/mol. The number of ketones is 1. The summed E-state index contributed by atoms with van der Waals surface area (Å²) in [7, 11) is 0. The van der Waals surface area contributed by atoms with Gasteiger partial charge in [-0.3, -0.25) is 19.2 Å². The number of amides is 3. The molecule has 1 unspecified atom stereocenters. The smallest absolute Gasteiger partial charge is 0.234 e. The lowest BCUT2D eigenvalue weighted by Crippen LogP contribution is -2.48. The number of carbonyl (C=O) groups is 4. The van der Waals surface area contributed by atoms with Gasteiger partial charge in [-0.1, -0.05) is 27.7 Å². The van der Waals surface area contributed by atoms with Crippen molar-refractivity contribution >= 4 is 23.5 Å². The lowest BCUT2D eigenvalue weighted by Gasteiger charge is -2.18. The number of rotatable bonds is 8. The van der Waals surface area contributed by atoms with Gasteiger partial charge in [0.15, 0.2) is 5.78 Å². The van der Waals surface area contributed by atoms with Crippen molar-refractivity contribution in [3.63, 3.8) is 0 Å². The molecule has 8 heteroatoms. The highest BCUT2D eigenvalue weighted by atomic mass is 16.2. The number of nitrogens with one attached hydrogen (secondary N) is 2. The molecule has 0 bridgehead atoms. The largest absolute Gasteiger partial charge is 0.370 e. The second kappa shape index (κ2) is 11.7. The van der Waals surface area contributed by atoms with Crippen molar-refractivity contribution in [2.45, 2.75) is 53.1 Å². The van der Waals surface area contributed by atoms with E-state index in [1.807, 2.05) is 13.8 Å². The molecule has 6 N–H and O–H groups in total. The van der Waals surface area contributed by atoms with Crippen LogP contribution in [-0.2, 0) is 19.2 Å². The molecule has 0 aromatic rings. The van der Waals surface area contributed by atoms with Crippen molar-refractivity contribution in [3.05, 3.63) is 0 Å². The van der Waals surface area contributed by atoms with Crippen molar-refractivity contribution in [1.29, 1.82) is 0 Å². The van der Waals surface area contributed by atoms with E-state index in [2.05, 4.69) is 16.4 Å². The quantitative estimate of drug-likeness (QED) is 0.457. The summed E-state index contributed by atoms with van der Waals surface area (Å²) in [4.78, 5) is 43.5. The van der Waals surface area contributed by atoms with Crippen molar-refractivity contribution in [1.82, 2.24) is 10.6 Å². The summed E-state index contributed by atoms with van der Waals surface area (Å²) < 4.78 is 0. The maximum Gasteiger partial charge on any atom is 0.234 e. The number of nitrogens with two attached hydrogens (primary N) is 2. The average Bonchev–Trinajstić information content (AvgIpc) is 2.33. The van der Waals surface area contributed by atoms with E-state index in [0.717, 1.165) is 0 Å². The summed E-state index contributed by atoms with van der Waals surface area (Å²) in [5.74, 6) is -1.70. The summed E-state index contributed by atoms with van der Waals surface area (Å²) >= 11 is 0. The van der Waals surface area contributed by atoms with Gasteiger partial charge < -0.3 is 22.1 Å². The molecule has 0 saturated heterocycles. The van der Waals surface area contributed by atoms with Gasteiger partial charge in [-0.15, -0.1) is 0 Å². The Morgan fingerprint density at radius 2 is 1.45 bits per heavy atom. The van der Waals surface area contributed by atoms with Crippen molar-refractivity contribution in [2.24, 2.45) is 17.4 Å². The molecule has 8 nitrogen and oxygen atoms in total. The normalized spacial score (nSPS) is 11.4. The van der Waals surface area contributed by atoms with Gasteiger partial charge in [0.2, 0.25) is 17.7 Å². The molecule has 0 spiro atoms. The van der Waals surface area contributed by atoms with E-state index in [1.54, 1.807) is 13.8 Å². The maximum atomic E-state index is 11.8. The molecule has 0 heterocycles. The van der Waals surface area contributed by atoms with Crippen LogP contribution >= 0.6 is 0 Å². The first-order valence-electron chi connectivity index (χ1n) is 7.08. The van der Waals surface area contributed by atoms with Crippen molar-refractivity contribution < 1.29 is 19.2 Å².